The van der Waals surface area contributed by atoms with E-state index in [1.54, 1.807) is 0 Å². The summed E-state index contributed by atoms with van der Waals surface area (Å²) in [5.74, 6) is 0. The summed E-state index contributed by atoms with van der Waals surface area (Å²) in [6.45, 7) is 1.35. The van der Waals surface area contributed by atoms with Gasteiger partial charge in [-0.15, -0.1) is 28.3 Å². The zero-order valence-corrected chi connectivity index (χ0v) is 28.0. The molecule has 0 amide bonds. The standard InChI is InChI=1S/C22H21N3O9S3.2Na/c1-12-18(25-3)9-7-16(22(12)37(32,33)34)21(13-4-8-17(23)20(10-13)36(29,30)31)15-6-5-14(24-2)11-19(15)35(26,27)28;;/h4-8,10,25H,23H2,1-3H3,(H,26,27,28)(H,29,30,31)(H,32,33,34);;/q-2;2*+1/b21-15+,24-14?;;. The number of nitrogens with one attached hydrogen (secondary N) is 2. The molecular formula is C22H21N3Na2O9S3. The Morgan fingerprint density at radius 1 is 1.05 bits per heavy atom. The van der Waals surface area contributed by atoms with Crippen molar-refractivity contribution in [1.82, 2.24) is 0 Å². The zero-order valence-electron chi connectivity index (χ0n) is 21.5. The molecule has 1 aliphatic rings. The van der Waals surface area contributed by atoms with E-state index in [0.717, 1.165) is 18.2 Å². The molecule has 6 N–H and O–H groups in total. The fraction of sp³-hybridized carbons (Fsp3) is 0.136. The predicted octanol–water partition coefficient (Wildman–Crippen LogP) is -6.32. The largest absolute Gasteiger partial charge is 1.00 e. The minimum atomic E-state index is -5.12. The number of allylic oxidation sites excluding steroid dienone is 4. The Morgan fingerprint density at radius 3 is 2.15 bits per heavy atom. The van der Waals surface area contributed by atoms with Crippen LogP contribution in [0.3, 0.4) is 0 Å². The van der Waals surface area contributed by atoms with Crippen LogP contribution >= 0.6 is 0 Å². The number of hydrogen-bond donors (Lipinski definition) is 5. The summed E-state index contributed by atoms with van der Waals surface area (Å²) in [6.07, 6.45) is 5.03. The minimum absolute atomic E-state index is 0. The van der Waals surface area contributed by atoms with Gasteiger partial charge in [-0.25, -0.2) is 8.42 Å². The third-order valence-electron chi connectivity index (χ3n) is 5.38. The predicted molar refractivity (Wildman–Crippen MR) is 134 cm³/mol. The fourth-order valence-corrected chi connectivity index (χ4v) is 6.04. The van der Waals surface area contributed by atoms with Gasteiger partial charge in [-0.3, -0.25) is 14.1 Å². The van der Waals surface area contributed by atoms with Crippen molar-refractivity contribution in [3.63, 3.8) is 0 Å². The molecule has 0 atom stereocenters. The van der Waals surface area contributed by atoms with E-state index >= 15 is 0 Å². The summed E-state index contributed by atoms with van der Waals surface area (Å²) in [6, 6.07) is 7.01. The maximum atomic E-state index is 12.5. The van der Waals surface area contributed by atoms with E-state index in [4.69, 9.17) is 5.73 Å². The molecule has 0 aliphatic heterocycles. The molecule has 0 fully saturated rings. The van der Waals surface area contributed by atoms with Crippen LogP contribution in [-0.4, -0.2) is 58.7 Å². The van der Waals surface area contributed by atoms with Gasteiger partial charge in [0.05, 0.1) is 10.6 Å². The number of hydrogen-bond acceptors (Lipinski definition) is 9. The second kappa shape index (κ2) is 13.1. The van der Waals surface area contributed by atoms with Crippen molar-refractivity contribution < 1.29 is 103 Å². The average Bonchev–Trinajstić information content (AvgIpc) is 2.78. The maximum absolute atomic E-state index is 12.5. The number of nitrogens with two attached hydrogens (primary N) is 1. The first-order valence-electron chi connectivity index (χ1n) is 10.2. The second-order valence-electron chi connectivity index (χ2n) is 7.68. The average molecular weight is 614 g/mol. The Labute approximate surface area is 271 Å². The van der Waals surface area contributed by atoms with E-state index in [1.165, 1.54) is 39.2 Å². The molecule has 0 spiro atoms. The van der Waals surface area contributed by atoms with Crippen molar-refractivity contribution in [3.05, 3.63) is 75.7 Å². The quantitative estimate of drug-likeness (QED) is 0.0893. The van der Waals surface area contributed by atoms with Gasteiger partial charge in [0.1, 0.15) is 17.2 Å². The van der Waals surface area contributed by atoms with Crippen LogP contribution in [0.4, 0.5) is 11.4 Å². The molecule has 39 heavy (non-hydrogen) atoms. The van der Waals surface area contributed by atoms with Gasteiger partial charge in [-0.1, -0.05) is 24.8 Å². The Morgan fingerprint density at radius 2 is 1.67 bits per heavy atom. The Bertz CT molecular complexity index is 1760. The zero-order chi connectivity index (χ0) is 27.9. The molecule has 2 aromatic rings. The van der Waals surface area contributed by atoms with Gasteiger partial charge in [0, 0.05) is 12.7 Å². The SMILES string of the molecule is CNc1[c-]cc(/C(=C2\C=CC(=[NH+]C)[C-]=C2S(=O)(=O)O)c2ccc(N)c(S(=O)(=O)[O-])c2)c(S(=O)(=O)O)c1C.[Na+].[Na+]. The molecule has 3 rings (SSSR count). The fourth-order valence-electron chi connectivity index (χ4n) is 3.79. The summed E-state index contributed by atoms with van der Waals surface area (Å²) in [5, 5.41) is 2.71. The number of rotatable bonds is 6. The Balaban J connectivity index is 0.00000380. The van der Waals surface area contributed by atoms with Crippen molar-refractivity contribution in [1.29, 1.82) is 0 Å². The molecule has 198 valence electrons. The van der Waals surface area contributed by atoms with Crippen molar-refractivity contribution in [2.45, 2.75) is 16.7 Å². The van der Waals surface area contributed by atoms with Crippen molar-refractivity contribution in [2.75, 3.05) is 25.1 Å². The van der Waals surface area contributed by atoms with Gasteiger partial charge in [0.15, 0.2) is 0 Å². The van der Waals surface area contributed by atoms with Gasteiger partial charge in [0.25, 0.3) is 20.2 Å². The summed E-state index contributed by atoms with van der Waals surface area (Å²) >= 11 is 0. The maximum Gasteiger partial charge on any atom is 1.00 e. The Hall–Kier alpha value is -1.34. The summed E-state index contributed by atoms with van der Waals surface area (Å²) < 4.78 is 105. The monoisotopic (exact) mass is 613 g/mol. The Kier molecular flexibility index (Phi) is 12.0. The van der Waals surface area contributed by atoms with E-state index in [1.807, 2.05) is 0 Å². The van der Waals surface area contributed by atoms with Gasteiger partial charge in [0.2, 0.25) is 0 Å². The first-order chi connectivity index (χ1) is 17.0. The van der Waals surface area contributed by atoms with Crippen LogP contribution in [-0.2, 0) is 30.4 Å². The van der Waals surface area contributed by atoms with E-state index in [-0.39, 0.29) is 98.4 Å². The minimum Gasteiger partial charge on any atom is -0.744 e. The summed E-state index contributed by atoms with van der Waals surface area (Å²) in [4.78, 5) is 0.343. The molecule has 0 heterocycles. The van der Waals surface area contributed by atoms with Crippen molar-refractivity contribution >= 4 is 53.0 Å². The summed E-state index contributed by atoms with van der Waals surface area (Å²) in [5.41, 5.74) is 4.48. The van der Waals surface area contributed by atoms with Crippen LogP contribution in [0.1, 0.15) is 16.7 Å². The smallest absolute Gasteiger partial charge is 0.744 e. The van der Waals surface area contributed by atoms with Gasteiger partial charge in [-0.05, 0) is 27.5 Å². The molecular weight excluding hydrogens is 592 g/mol. The van der Waals surface area contributed by atoms with Crippen molar-refractivity contribution in [3.8, 4) is 0 Å². The number of nitrogen functional groups attached to an aromatic ring is 1. The van der Waals surface area contributed by atoms with E-state index < -0.39 is 50.7 Å². The first-order valence-corrected chi connectivity index (χ1v) is 14.4. The van der Waals surface area contributed by atoms with Crippen LogP contribution in [0.2, 0.25) is 0 Å². The second-order valence-corrected chi connectivity index (χ2v) is 11.7. The normalized spacial score (nSPS) is 16.2. The molecule has 17 heteroatoms. The molecule has 0 unspecified atom stereocenters. The molecule has 0 saturated heterocycles. The third kappa shape index (κ3) is 7.69. The van der Waals surface area contributed by atoms with Crippen LogP contribution < -0.4 is 75.2 Å². The van der Waals surface area contributed by atoms with Crippen LogP contribution in [0.25, 0.3) is 5.57 Å². The third-order valence-corrected chi connectivity index (χ3v) is 8.15. The molecule has 0 aromatic heterocycles. The number of benzene rings is 2. The summed E-state index contributed by atoms with van der Waals surface area (Å²) in [7, 11) is -12.2. The number of anilines is 2. The first kappa shape index (κ1) is 35.7. The molecule has 12 nitrogen and oxygen atoms in total. The molecule has 0 bridgehead atoms. The van der Waals surface area contributed by atoms with Gasteiger partial charge < -0.3 is 15.6 Å². The van der Waals surface area contributed by atoms with Crippen molar-refractivity contribution in [2.24, 2.45) is 0 Å². The van der Waals surface area contributed by atoms with Gasteiger partial charge >= 0.3 is 59.1 Å². The molecule has 0 radical (unpaired) electrons. The van der Waals surface area contributed by atoms with E-state index in [0.29, 0.717) is 0 Å². The molecule has 1 aliphatic carbocycles. The van der Waals surface area contributed by atoms with E-state index in [9.17, 15) is 38.9 Å². The van der Waals surface area contributed by atoms with Crippen LogP contribution in [0.15, 0.2) is 56.7 Å². The van der Waals surface area contributed by atoms with Gasteiger partial charge in [-0.2, -0.15) is 35.0 Å². The molecule has 0 saturated carbocycles. The topological polar surface area (TPSA) is 218 Å². The van der Waals surface area contributed by atoms with Crippen LogP contribution in [0, 0.1) is 19.1 Å². The van der Waals surface area contributed by atoms with E-state index in [2.05, 4.69) is 22.5 Å². The van der Waals surface area contributed by atoms with Crippen LogP contribution in [0.5, 0.6) is 0 Å². The molecule has 2 aromatic carbocycles.